The zero-order valence-electron chi connectivity index (χ0n) is 20.6. The van der Waals surface area contributed by atoms with Crippen molar-refractivity contribution in [3.63, 3.8) is 0 Å². The number of hydrogen-bond donors (Lipinski definition) is 0. The summed E-state index contributed by atoms with van der Waals surface area (Å²) in [6.45, 7) is 5.57. The highest BCUT2D eigenvalue weighted by Gasteiger charge is 2.51. The second-order valence-corrected chi connectivity index (χ2v) is 11.0. The molecule has 5 rings (SSSR count). The number of fused-ring (bicyclic) bond motifs is 1. The highest BCUT2D eigenvalue weighted by atomic mass is 32.2. The largest absolute Gasteiger partial charge is 0.446 e. The fourth-order valence-electron chi connectivity index (χ4n) is 4.97. The predicted octanol–water partition coefficient (Wildman–Crippen LogP) is 6.58. The standard InChI is InChI=1S/C27H27F3N4O2S/c1-26(2)24(35)34(19-6-9-21(10-7-19)37-27(28,29)30)25(36)33(26)17-18-12-13-31-23-11-8-20(16-22(18)23)32-14-4-3-5-15-32/h6-13,16H,3-5,14-15,17H2,1-2H3. The van der Waals surface area contributed by atoms with Crippen molar-refractivity contribution >= 4 is 46.0 Å². The molecule has 0 spiro atoms. The van der Waals surface area contributed by atoms with E-state index in [1.54, 1.807) is 20.0 Å². The van der Waals surface area contributed by atoms with Gasteiger partial charge in [0.1, 0.15) is 5.54 Å². The summed E-state index contributed by atoms with van der Waals surface area (Å²) < 4.78 is 38.1. The summed E-state index contributed by atoms with van der Waals surface area (Å²) in [5.41, 5.74) is -2.52. The summed E-state index contributed by atoms with van der Waals surface area (Å²) in [4.78, 5) is 36.2. The van der Waals surface area contributed by atoms with Crippen LogP contribution in [-0.4, -0.2) is 46.0 Å². The number of carbonyl (C=O) groups is 2. The molecule has 2 aliphatic rings. The van der Waals surface area contributed by atoms with Gasteiger partial charge in [-0.1, -0.05) is 0 Å². The Morgan fingerprint density at radius 3 is 2.30 bits per heavy atom. The number of urea groups is 1. The maximum Gasteiger partial charge on any atom is 0.446 e. The average Bonchev–Trinajstić information content (AvgIpc) is 3.03. The van der Waals surface area contributed by atoms with Gasteiger partial charge in [0, 0.05) is 41.8 Å². The zero-order chi connectivity index (χ0) is 26.4. The third kappa shape index (κ3) is 4.99. The quantitative estimate of drug-likeness (QED) is 0.276. The van der Waals surface area contributed by atoms with Gasteiger partial charge < -0.3 is 9.80 Å². The third-order valence-electron chi connectivity index (χ3n) is 7.02. The number of alkyl halides is 3. The van der Waals surface area contributed by atoms with Gasteiger partial charge in [-0.2, -0.15) is 13.2 Å². The number of thioether (sulfide) groups is 1. The highest BCUT2D eigenvalue weighted by molar-refractivity contribution is 8.00. The van der Waals surface area contributed by atoms with Crippen molar-refractivity contribution in [2.45, 2.75) is 55.6 Å². The number of rotatable bonds is 5. The Hall–Kier alpha value is -3.27. The van der Waals surface area contributed by atoms with Gasteiger partial charge in [0.25, 0.3) is 5.91 Å². The Kier molecular flexibility index (Phi) is 6.55. The maximum absolute atomic E-state index is 13.5. The van der Waals surface area contributed by atoms with Gasteiger partial charge in [-0.3, -0.25) is 9.78 Å². The molecule has 1 aromatic heterocycles. The molecule has 0 atom stereocenters. The zero-order valence-corrected chi connectivity index (χ0v) is 21.4. The van der Waals surface area contributed by atoms with Crippen LogP contribution in [0.4, 0.5) is 29.3 Å². The second-order valence-electron chi connectivity index (χ2n) is 9.83. The second kappa shape index (κ2) is 9.55. The van der Waals surface area contributed by atoms with Gasteiger partial charge >= 0.3 is 11.5 Å². The number of carbonyl (C=O) groups excluding carboxylic acids is 2. The van der Waals surface area contributed by atoms with E-state index in [0.717, 1.165) is 53.0 Å². The smallest absolute Gasteiger partial charge is 0.372 e. The Bertz CT molecular complexity index is 1340. The minimum atomic E-state index is -4.42. The Balaban J connectivity index is 1.44. The third-order valence-corrected chi connectivity index (χ3v) is 7.76. The molecule has 0 saturated carbocycles. The fourth-order valence-corrected chi connectivity index (χ4v) is 5.51. The molecule has 3 aromatic rings. The molecule has 37 heavy (non-hydrogen) atoms. The number of amides is 3. The number of aromatic nitrogens is 1. The van der Waals surface area contributed by atoms with Gasteiger partial charge in [0.2, 0.25) is 0 Å². The van der Waals surface area contributed by atoms with Crippen LogP contribution in [0.25, 0.3) is 10.9 Å². The lowest BCUT2D eigenvalue weighted by Crippen LogP contribution is -2.43. The van der Waals surface area contributed by atoms with E-state index in [4.69, 9.17) is 0 Å². The maximum atomic E-state index is 13.5. The van der Waals surface area contributed by atoms with Crippen LogP contribution in [0.1, 0.15) is 38.7 Å². The monoisotopic (exact) mass is 528 g/mol. The van der Waals surface area contributed by atoms with Crippen LogP contribution in [0.3, 0.4) is 0 Å². The average molecular weight is 529 g/mol. The van der Waals surface area contributed by atoms with E-state index in [9.17, 15) is 22.8 Å². The number of piperidine rings is 1. The molecule has 3 amide bonds. The van der Waals surface area contributed by atoms with Crippen molar-refractivity contribution in [2.75, 3.05) is 22.9 Å². The molecular weight excluding hydrogens is 501 g/mol. The van der Waals surface area contributed by atoms with Gasteiger partial charge in [0.05, 0.1) is 11.2 Å². The predicted molar refractivity (Wildman–Crippen MR) is 139 cm³/mol. The number of halogens is 3. The van der Waals surface area contributed by atoms with E-state index >= 15 is 0 Å². The first kappa shape index (κ1) is 25.4. The van der Waals surface area contributed by atoms with E-state index in [1.807, 2.05) is 12.1 Å². The summed E-state index contributed by atoms with van der Waals surface area (Å²) in [5.74, 6) is -0.430. The normalized spacial score (nSPS) is 18.2. The molecule has 0 radical (unpaired) electrons. The molecule has 2 fully saturated rings. The van der Waals surface area contributed by atoms with Gasteiger partial charge in [-0.05, 0) is 99.0 Å². The summed E-state index contributed by atoms with van der Waals surface area (Å²) in [6, 6.07) is 12.8. The number of benzene rings is 2. The molecule has 3 heterocycles. The molecule has 0 N–H and O–H groups in total. The Labute approximate surface area is 217 Å². The van der Waals surface area contributed by atoms with Crippen LogP contribution >= 0.6 is 11.8 Å². The van der Waals surface area contributed by atoms with Crippen LogP contribution in [0.5, 0.6) is 0 Å². The summed E-state index contributed by atoms with van der Waals surface area (Å²) >= 11 is -0.240. The van der Waals surface area contributed by atoms with Crippen LogP contribution in [0.2, 0.25) is 0 Å². The number of pyridine rings is 1. The lowest BCUT2D eigenvalue weighted by Gasteiger charge is -2.30. The molecule has 6 nitrogen and oxygen atoms in total. The Morgan fingerprint density at radius 1 is 0.946 bits per heavy atom. The number of hydrogen-bond acceptors (Lipinski definition) is 5. The molecule has 10 heteroatoms. The van der Waals surface area contributed by atoms with Crippen molar-refractivity contribution in [1.29, 1.82) is 0 Å². The topological polar surface area (TPSA) is 56.8 Å². The van der Waals surface area contributed by atoms with E-state index in [2.05, 4.69) is 22.0 Å². The minimum Gasteiger partial charge on any atom is -0.372 e. The minimum absolute atomic E-state index is 0.0146. The Morgan fingerprint density at radius 2 is 1.62 bits per heavy atom. The lowest BCUT2D eigenvalue weighted by molar-refractivity contribution is -0.123. The molecule has 0 bridgehead atoms. The molecule has 2 aliphatic heterocycles. The van der Waals surface area contributed by atoms with Crippen LogP contribution < -0.4 is 9.80 Å². The molecule has 0 aliphatic carbocycles. The number of nitrogens with zero attached hydrogens (tertiary/aromatic N) is 4. The van der Waals surface area contributed by atoms with Gasteiger partial charge in [-0.15, -0.1) is 0 Å². The van der Waals surface area contributed by atoms with Crippen molar-refractivity contribution in [2.24, 2.45) is 0 Å². The summed E-state index contributed by atoms with van der Waals surface area (Å²) in [5, 5.41) is 0.925. The van der Waals surface area contributed by atoms with Crippen LogP contribution in [-0.2, 0) is 11.3 Å². The molecular formula is C27H27F3N4O2S. The van der Waals surface area contributed by atoms with Gasteiger partial charge in [0.15, 0.2) is 0 Å². The highest BCUT2D eigenvalue weighted by Crippen LogP contribution is 2.39. The van der Waals surface area contributed by atoms with Crippen molar-refractivity contribution in [1.82, 2.24) is 9.88 Å². The summed E-state index contributed by atoms with van der Waals surface area (Å²) in [7, 11) is 0. The molecule has 0 unspecified atom stereocenters. The first-order chi connectivity index (χ1) is 17.5. The van der Waals surface area contributed by atoms with Crippen molar-refractivity contribution in [3.05, 3.63) is 60.3 Å². The van der Waals surface area contributed by atoms with Crippen LogP contribution in [0.15, 0.2) is 59.6 Å². The van der Waals surface area contributed by atoms with E-state index in [0.29, 0.717) is 0 Å². The number of anilines is 2. The first-order valence-corrected chi connectivity index (χ1v) is 13.0. The van der Waals surface area contributed by atoms with Crippen molar-refractivity contribution in [3.8, 4) is 0 Å². The molecule has 194 valence electrons. The number of imide groups is 1. The van der Waals surface area contributed by atoms with E-state index in [-0.39, 0.29) is 28.9 Å². The van der Waals surface area contributed by atoms with Gasteiger partial charge in [-0.25, -0.2) is 9.69 Å². The summed E-state index contributed by atoms with van der Waals surface area (Å²) in [6.07, 6.45) is 5.24. The first-order valence-electron chi connectivity index (χ1n) is 12.2. The van der Waals surface area contributed by atoms with Crippen molar-refractivity contribution < 1.29 is 22.8 Å². The SMILES string of the molecule is CC1(C)C(=O)N(c2ccc(SC(F)(F)F)cc2)C(=O)N1Cc1ccnc2ccc(N3CCCCC3)cc12. The lowest BCUT2D eigenvalue weighted by atomic mass is 10.0. The van der Waals surface area contributed by atoms with Crippen LogP contribution in [0, 0.1) is 0 Å². The van der Waals surface area contributed by atoms with E-state index < -0.39 is 23.0 Å². The van der Waals surface area contributed by atoms with E-state index in [1.165, 1.54) is 35.6 Å². The molecule has 2 aromatic carbocycles. The molecule has 2 saturated heterocycles. The fraction of sp³-hybridized carbons (Fsp3) is 0.370.